The molecule has 6 rings (SSSR count). The number of nitrogens with two attached hydrogens (primary N) is 1. The van der Waals surface area contributed by atoms with Crippen LogP contribution >= 0.6 is 0 Å². The highest BCUT2D eigenvalue weighted by Gasteiger charge is 2.24. The van der Waals surface area contributed by atoms with Crippen LogP contribution in [0.5, 0.6) is 0 Å². The van der Waals surface area contributed by atoms with Crippen LogP contribution in [0, 0.1) is 5.82 Å². The predicted octanol–water partition coefficient (Wildman–Crippen LogP) is 7.19. The summed E-state index contributed by atoms with van der Waals surface area (Å²) in [6.45, 7) is 4.27. The molecule has 0 bridgehead atoms. The molecule has 2 aromatic heterocycles. The lowest BCUT2D eigenvalue weighted by molar-refractivity contribution is 0.262. The molecule has 0 saturated heterocycles. The SMILES string of the molecule is CNC1CC=C(c2cnc(N)c3c(-c4cccc5c(NC(=O)Nc6cccc(F)c6)cccc45)nc(C(C)C)n23)CC1. The zero-order valence-electron chi connectivity index (χ0n) is 23.9. The van der Waals surface area contributed by atoms with Crippen molar-refractivity contribution in [1.29, 1.82) is 0 Å². The Bertz CT molecular complexity index is 1840. The van der Waals surface area contributed by atoms with Crippen LogP contribution in [0.2, 0.25) is 0 Å². The molecule has 8 nitrogen and oxygen atoms in total. The van der Waals surface area contributed by atoms with Crippen molar-refractivity contribution in [2.24, 2.45) is 0 Å². The van der Waals surface area contributed by atoms with Gasteiger partial charge in [-0.1, -0.05) is 56.3 Å². The molecule has 0 fully saturated rings. The Labute approximate surface area is 243 Å². The molecular weight excluding hydrogens is 529 g/mol. The standard InChI is InChI=1S/C33H34FN7O/c1-19(2)32-40-29(30-31(35)37-18-28(41(30)32)20-13-15-22(36-3)16-14-20)26-11-5-10-25-24(26)9-6-12-27(25)39-33(42)38-23-8-4-7-21(34)17-23/h4-13,17-19,22,36H,14-16H2,1-3H3,(H2,35,37)(H2,38,39,42). The fraction of sp³-hybridized carbons (Fsp3) is 0.242. The van der Waals surface area contributed by atoms with Gasteiger partial charge in [0.1, 0.15) is 28.7 Å². The number of hydrogen-bond acceptors (Lipinski definition) is 5. The van der Waals surface area contributed by atoms with Gasteiger partial charge in [0.25, 0.3) is 0 Å². The number of imidazole rings is 1. The topological polar surface area (TPSA) is 109 Å². The third kappa shape index (κ3) is 5.07. The summed E-state index contributed by atoms with van der Waals surface area (Å²) < 4.78 is 15.8. The average Bonchev–Trinajstić information content (AvgIpc) is 3.39. The second-order valence-electron chi connectivity index (χ2n) is 11.0. The van der Waals surface area contributed by atoms with E-state index in [0.29, 0.717) is 23.2 Å². The number of carbonyl (C=O) groups is 1. The Morgan fingerprint density at radius 3 is 2.60 bits per heavy atom. The molecule has 1 aliphatic rings. The molecule has 214 valence electrons. The van der Waals surface area contributed by atoms with Crippen LogP contribution < -0.4 is 21.7 Å². The smallest absolute Gasteiger partial charge is 0.323 e. The molecular formula is C33H34FN7O. The minimum atomic E-state index is -0.465. The van der Waals surface area contributed by atoms with Crippen molar-refractivity contribution < 1.29 is 9.18 Å². The number of carbonyl (C=O) groups excluding carboxylic acids is 1. The van der Waals surface area contributed by atoms with E-state index >= 15 is 0 Å². The van der Waals surface area contributed by atoms with Crippen molar-refractivity contribution >= 4 is 45.1 Å². The van der Waals surface area contributed by atoms with Gasteiger partial charge in [-0.05, 0) is 61.5 Å². The number of anilines is 3. The average molecular weight is 564 g/mol. The number of aromatic nitrogens is 3. The molecule has 0 aliphatic heterocycles. The van der Waals surface area contributed by atoms with E-state index in [4.69, 9.17) is 10.7 Å². The monoisotopic (exact) mass is 563 g/mol. The van der Waals surface area contributed by atoms with E-state index in [1.54, 1.807) is 12.1 Å². The maximum atomic E-state index is 13.6. The van der Waals surface area contributed by atoms with Crippen LogP contribution in [0.15, 0.2) is 72.9 Å². The van der Waals surface area contributed by atoms with Gasteiger partial charge in [-0.25, -0.2) is 19.2 Å². The number of benzene rings is 3. The summed E-state index contributed by atoms with van der Waals surface area (Å²) in [5, 5.41) is 10.7. The van der Waals surface area contributed by atoms with E-state index in [1.807, 2.05) is 49.6 Å². The largest absolute Gasteiger partial charge is 0.382 e. The van der Waals surface area contributed by atoms with E-state index < -0.39 is 11.8 Å². The lowest BCUT2D eigenvalue weighted by atomic mass is 9.93. The molecule has 5 N–H and O–H groups in total. The van der Waals surface area contributed by atoms with E-state index in [1.165, 1.54) is 17.7 Å². The number of nitrogen functional groups attached to an aromatic ring is 1. The second-order valence-corrected chi connectivity index (χ2v) is 11.0. The van der Waals surface area contributed by atoms with Gasteiger partial charge in [0.15, 0.2) is 0 Å². The number of urea groups is 1. The molecule has 0 radical (unpaired) electrons. The highest BCUT2D eigenvalue weighted by molar-refractivity contribution is 6.10. The number of allylic oxidation sites excluding steroid dienone is 1. The minimum absolute atomic E-state index is 0.139. The number of halogens is 1. The lowest BCUT2D eigenvalue weighted by Gasteiger charge is -2.22. The Balaban J connectivity index is 1.45. The zero-order chi connectivity index (χ0) is 29.4. The maximum Gasteiger partial charge on any atom is 0.323 e. The van der Waals surface area contributed by atoms with Gasteiger partial charge in [-0.2, -0.15) is 0 Å². The van der Waals surface area contributed by atoms with Gasteiger partial charge in [0.05, 0.1) is 17.6 Å². The van der Waals surface area contributed by atoms with Crippen molar-refractivity contribution in [3.05, 3.63) is 90.3 Å². The summed E-state index contributed by atoms with van der Waals surface area (Å²) in [7, 11) is 2.01. The molecule has 42 heavy (non-hydrogen) atoms. The van der Waals surface area contributed by atoms with Gasteiger partial charge in [0.2, 0.25) is 0 Å². The fourth-order valence-electron chi connectivity index (χ4n) is 5.77. The number of hydrogen-bond donors (Lipinski definition) is 4. The predicted molar refractivity (Wildman–Crippen MR) is 168 cm³/mol. The van der Waals surface area contributed by atoms with E-state index in [0.717, 1.165) is 58.3 Å². The fourth-order valence-corrected chi connectivity index (χ4v) is 5.77. The highest BCUT2D eigenvalue weighted by Crippen LogP contribution is 2.39. The highest BCUT2D eigenvalue weighted by atomic mass is 19.1. The molecule has 9 heteroatoms. The Hall–Kier alpha value is -4.76. The summed E-state index contributed by atoms with van der Waals surface area (Å²) in [6.07, 6.45) is 7.12. The van der Waals surface area contributed by atoms with Crippen LogP contribution in [0.25, 0.3) is 33.1 Å². The first-order valence-corrected chi connectivity index (χ1v) is 14.2. The van der Waals surface area contributed by atoms with Crippen LogP contribution in [0.1, 0.15) is 50.5 Å². The lowest BCUT2D eigenvalue weighted by Crippen LogP contribution is -2.26. The van der Waals surface area contributed by atoms with Gasteiger partial charge in [0, 0.05) is 28.6 Å². The summed E-state index contributed by atoms with van der Waals surface area (Å²) in [5.41, 5.74) is 12.3. The first-order valence-electron chi connectivity index (χ1n) is 14.2. The molecule has 0 saturated carbocycles. The molecule has 3 aromatic carbocycles. The maximum absolute atomic E-state index is 13.6. The Morgan fingerprint density at radius 2 is 1.86 bits per heavy atom. The van der Waals surface area contributed by atoms with Crippen molar-refractivity contribution in [2.75, 3.05) is 23.4 Å². The summed E-state index contributed by atoms with van der Waals surface area (Å²) >= 11 is 0. The van der Waals surface area contributed by atoms with Crippen molar-refractivity contribution in [2.45, 2.75) is 45.1 Å². The van der Waals surface area contributed by atoms with Gasteiger partial charge < -0.3 is 21.7 Å². The summed E-state index contributed by atoms with van der Waals surface area (Å²) in [4.78, 5) is 22.6. The first-order chi connectivity index (χ1) is 20.3. The van der Waals surface area contributed by atoms with Crippen molar-refractivity contribution in [3.63, 3.8) is 0 Å². The summed E-state index contributed by atoms with van der Waals surface area (Å²) in [6, 6.07) is 17.5. The Morgan fingerprint density at radius 1 is 1.07 bits per heavy atom. The summed E-state index contributed by atoms with van der Waals surface area (Å²) in [5.74, 6) is 1.05. The molecule has 2 heterocycles. The quantitative estimate of drug-likeness (QED) is 0.175. The van der Waals surface area contributed by atoms with E-state index in [2.05, 4.69) is 45.3 Å². The van der Waals surface area contributed by atoms with Crippen LogP contribution in [0.3, 0.4) is 0 Å². The molecule has 5 aromatic rings. The number of rotatable bonds is 6. The first kappa shape index (κ1) is 27.4. The molecule has 1 atom stereocenters. The number of nitrogens with zero attached hydrogens (tertiary/aromatic N) is 3. The minimum Gasteiger partial charge on any atom is -0.382 e. The van der Waals surface area contributed by atoms with Gasteiger partial charge >= 0.3 is 6.03 Å². The number of amides is 2. The Kier molecular flexibility index (Phi) is 7.34. The van der Waals surface area contributed by atoms with Crippen LogP contribution in [0.4, 0.5) is 26.4 Å². The van der Waals surface area contributed by atoms with Gasteiger partial charge in [-0.3, -0.25) is 4.40 Å². The second kappa shape index (κ2) is 11.3. The van der Waals surface area contributed by atoms with E-state index in [-0.39, 0.29) is 5.92 Å². The van der Waals surface area contributed by atoms with Gasteiger partial charge in [-0.15, -0.1) is 0 Å². The third-order valence-electron chi connectivity index (χ3n) is 7.89. The van der Waals surface area contributed by atoms with Crippen LogP contribution in [-0.4, -0.2) is 33.5 Å². The third-order valence-corrected chi connectivity index (χ3v) is 7.89. The molecule has 1 aliphatic carbocycles. The molecule has 1 unspecified atom stereocenters. The van der Waals surface area contributed by atoms with Crippen LogP contribution in [-0.2, 0) is 0 Å². The van der Waals surface area contributed by atoms with Crippen molar-refractivity contribution in [1.82, 2.24) is 19.7 Å². The number of nitrogens with one attached hydrogen (secondary N) is 3. The normalized spacial score (nSPS) is 15.3. The molecule has 0 spiro atoms. The number of fused-ring (bicyclic) bond motifs is 2. The van der Waals surface area contributed by atoms with Crippen molar-refractivity contribution in [3.8, 4) is 11.3 Å². The zero-order valence-corrected chi connectivity index (χ0v) is 23.9. The van der Waals surface area contributed by atoms with E-state index in [9.17, 15) is 9.18 Å². The molecule has 2 amide bonds.